The molecule has 0 aliphatic heterocycles. The van der Waals surface area contributed by atoms with Crippen LogP contribution in [0.2, 0.25) is 0 Å². The molecule has 0 bridgehead atoms. The molecule has 0 radical (unpaired) electrons. The molecule has 1 fully saturated rings. The van der Waals surface area contributed by atoms with Gasteiger partial charge in [-0.15, -0.1) is 0 Å². The summed E-state index contributed by atoms with van der Waals surface area (Å²) >= 11 is 0. The molecule has 102 valence electrons. The van der Waals surface area contributed by atoms with Crippen molar-refractivity contribution in [2.45, 2.75) is 39.2 Å². The molecule has 19 heavy (non-hydrogen) atoms. The van der Waals surface area contributed by atoms with Gasteiger partial charge in [0.25, 0.3) is 0 Å². The maximum Gasteiger partial charge on any atom is 0.142 e. The molecule has 1 aliphatic carbocycles. The standard InChI is InChI=1S/C15H22N4/c1-10-6-11(2)8-12(7-10)19(3)15-13-4-5-16-14(13)17-9-18-15/h4-5,9-12H,6-8H2,1-3H3,(H,16,17,18). The van der Waals surface area contributed by atoms with Crippen molar-refractivity contribution in [3.05, 3.63) is 18.6 Å². The van der Waals surface area contributed by atoms with Crippen LogP contribution >= 0.6 is 0 Å². The summed E-state index contributed by atoms with van der Waals surface area (Å²) in [7, 11) is 2.17. The zero-order valence-corrected chi connectivity index (χ0v) is 11.9. The Morgan fingerprint density at radius 3 is 2.63 bits per heavy atom. The number of aromatic amines is 1. The lowest BCUT2D eigenvalue weighted by molar-refractivity contribution is 0.264. The quantitative estimate of drug-likeness (QED) is 0.899. The third-order valence-electron chi connectivity index (χ3n) is 4.37. The molecular formula is C15H22N4. The van der Waals surface area contributed by atoms with Crippen LogP contribution in [-0.4, -0.2) is 28.0 Å². The first-order valence-corrected chi connectivity index (χ1v) is 7.16. The van der Waals surface area contributed by atoms with Crippen molar-refractivity contribution < 1.29 is 0 Å². The topological polar surface area (TPSA) is 44.8 Å². The van der Waals surface area contributed by atoms with Crippen molar-refractivity contribution >= 4 is 16.9 Å². The minimum atomic E-state index is 0.590. The number of nitrogens with zero attached hydrogens (tertiary/aromatic N) is 3. The Balaban J connectivity index is 1.90. The Labute approximate surface area is 114 Å². The van der Waals surface area contributed by atoms with Crippen LogP contribution in [-0.2, 0) is 0 Å². The summed E-state index contributed by atoms with van der Waals surface area (Å²) in [6.45, 7) is 4.73. The summed E-state index contributed by atoms with van der Waals surface area (Å²) in [6, 6.07) is 2.66. The second-order valence-corrected chi connectivity index (χ2v) is 6.12. The average molecular weight is 258 g/mol. The van der Waals surface area contributed by atoms with Gasteiger partial charge in [-0.25, -0.2) is 9.97 Å². The van der Waals surface area contributed by atoms with Gasteiger partial charge in [-0.2, -0.15) is 0 Å². The Kier molecular flexibility index (Phi) is 3.17. The van der Waals surface area contributed by atoms with Crippen LogP contribution < -0.4 is 4.90 Å². The number of hydrogen-bond donors (Lipinski definition) is 1. The molecule has 3 rings (SSSR count). The van der Waals surface area contributed by atoms with Gasteiger partial charge in [-0.05, 0) is 37.2 Å². The number of hydrogen-bond acceptors (Lipinski definition) is 3. The Morgan fingerprint density at radius 1 is 1.16 bits per heavy atom. The molecule has 2 heterocycles. The van der Waals surface area contributed by atoms with Gasteiger partial charge >= 0.3 is 0 Å². The van der Waals surface area contributed by atoms with Gasteiger partial charge in [0.1, 0.15) is 17.8 Å². The lowest BCUT2D eigenvalue weighted by Crippen LogP contribution is -2.38. The van der Waals surface area contributed by atoms with Gasteiger partial charge in [0.15, 0.2) is 0 Å². The summed E-state index contributed by atoms with van der Waals surface area (Å²) in [4.78, 5) is 14.3. The second kappa shape index (κ2) is 4.83. The molecule has 2 unspecified atom stereocenters. The molecule has 2 aromatic rings. The maximum atomic E-state index is 4.50. The second-order valence-electron chi connectivity index (χ2n) is 6.12. The lowest BCUT2D eigenvalue weighted by Gasteiger charge is -2.38. The van der Waals surface area contributed by atoms with E-state index >= 15 is 0 Å². The van der Waals surface area contributed by atoms with Crippen molar-refractivity contribution in [1.82, 2.24) is 15.0 Å². The third-order valence-corrected chi connectivity index (χ3v) is 4.37. The number of anilines is 1. The van der Waals surface area contributed by atoms with Gasteiger partial charge in [0, 0.05) is 19.3 Å². The number of rotatable bonds is 2. The fourth-order valence-corrected chi connectivity index (χ4v) is 3.53. The zero-order chi connectivity index (χ0) is 13.4. The highest BCUT2D eigenvalue weighted by molar-refractivity contribution is 5.87. The van der Waals surface area contributed by atoms with Crippen molar-refractivity contribution in [2.75, 3.05) is 11.9 Å². The number of H-pyrrole nitrogens is 1. The fourth-order valence-electron chi connectivity index (χ4n) is 3.53. The molecule has 1 N–H and O–H groups in total. The molecule has 1 saturated carbocycles. The monoisotopic (exact) mass is 258 g/mol. The smallest absolute Gasteiger partial charge is 0.142 e. The van der Waals surface area contributed by atoms with Crippen LogP contribution in [0.15, 0.2) is 18.6 Å². The van der Waals surface area contributed by atoms with Crippen molar-refractivity contribution in [3.8, 4) is 0 Å². The summed E-state index contributed by atoms with van der Waals surface area (Å²) in [5.74, 6) is 2.66. The highest BCUT2D eigenvalue weighted by Gasteiger charge is 2.28. The van der Waals surface area contributed by atoms with Gasteiger partial charge in [-0.1, -0.05) is 13.8 Å². The van der Waals surface area contributed by atoms with E-state index in [9.17, 15) is 0 Å². The van der Waals surface area contributed by atoms with Crippen LogP contribution in [0.1, 0.15) is 33.1 Å². The van der Waals surface area contributed by atoms with E-state index < -0.39 is 0 Å². The molecule has 4 nitrogen and oxygen atoms in total. The third kappa shape index (κ3) is 2.31. The first kappa shape index (κ1) is 12.5. The van der Waals surface area contributed by atoms with E-state index in [1.165, 1.54) is 19.3 Å². The maximum absolute atomic E-state index is 4.50. The van der Waals surface area contributed by atoms with Crippen LogP contribution in [0, 0.1) is 11.8 Å². The van der Waals surface area contributed by atoms with Crippen molar-refractivity contribution in [3.63, 3.8) is 0 Å². The lowest BCUT2D eigenvalue weighted by atomic mass is 9.80. The highest BCUT2D eigenvalue weighted by Crippen LogP contribution is 2.34. The van der Waals surface area contributed by atoms with Crippen molar-refractivity contribution in [2.24, 2.45) is 11.8 Å². The number of fused-ring (bicyclic) bond motifs is 1. The van der Waals surface area contributed by atoms with E-state index in [-0.39, 0.29) is 0 Å². The molecule has 1 aliphatic rings. The minimum Gasteiger partial charge on any atom is -0.356 e. The normalized spacial score (nSPS) is 27.6. The van der Waals surface area contributed by atoms with Crippen LogP contribution in [0.5, 0.6) is 0 Å². The van der Waals surface area contributed by atoms with E-state index in [1.54, 1.807) is 6.33 Å². The Hall–Kier alpha value is -1.58. The van der Waals surface area contributed by atoms with E-state index in [4.69, 9.17) is 0 Å². The van der Waals surface area contributed by atoms with Gasteiger partial charge in [0.05, 0.1) is 5.39 Å². The molecule has 0 amide bonds. The van der Waals surface area contributed by atoms with Crippen LogP contribution in [0.3, 0.4) is 0 Å². The first-order valence-electron chi connectivity index (χ1n) is 7.16. The molecule has 0 aromatic carbocycles. The van der Waals surface area contributed by atoms with Crippen LogP contribution in [0.25, 0.3) is 11.0 Å². The van der Waals surface area contributed by atoms with E-state index in [1.807, 2.05) is 6.20 Å². The largest absolute Gasteiger partial charge is 0.356 e. The minimum absolute atomic E-state index is 0.590. The molecule has 2 atom stereocenters. The number of nitrogens with one attached hydrogen (secondary N) is 1. The predicted molar refractivity (Wildman–Crippen MR) is 78.3 cm³/mol. The molecule has 4 heteroatoms. The molecule has 0 spiro atoms. The van der Waals surface area contributed by atoms with Crippen LogP contribution in [0.4, 0.5) is 5.82 Å². The van der Waals surface area contributed by atoms with E-state index in [0.717, 1.165) is 28.7 Å². The van der Waals surface area contributed by atoms with Crippen molar-refractivity contribution in [1.29, 1.82) is 0 Å². The summed E-state index contributed by atoms with van der Waals surface area (Å²) in [6.07, 6.45) is 7.46. The zero-order valence-electron chi connectivity index (χ0n) is 11.9. The Bertz CT molecular complexity index is 552. The molecular weight excluding hydrogens is 236 g/mol. The first-order chi connectivity index (χ1) is 9.15. The number of aromatic nitrogens is 3. The summed E-state index contributed by atoms with van der Waals surface area (Å²) < 4.78 is 0. The SMILES string of the molecule is CC1CC(C)CC(N(C)c2ncnc3[nH]ccc23)C1. The van der Waals surface area contributed by atoms with Gasteiger partial charge in [0.2, 0.25) is 0 Å². The average Bonchev–Trinajstić information content (AvgIpc) is 2.84. The fraction of sp³-hybridized carbons (Fsp3) is 0.600. The van der Waals surface area contributed by atoms with E-state index in [0.29, 0.717) is 6.04 Å². The summed E-state index contributed by atoms with van der Waals surface area (Å²) in [5.41, 5.74) is 0.925. The Morgan fingerprint density at radius 2 is 1.89 bits per heavy atom. The van der Waals surface area contributed by atoms with Gasteiger partial charge in [-0.3, -0.25) is 0 Å². The highest BCUT2D eigenvalue weighted by atomic mass is 15.2. The van der Waals surface area contributed by atoms with Gasteiger partial charge < -0.3 is 9.88 Å². The predicted octanol–water partition coefficient (Wildman–Crippen LogP) is 3.22. The molecule has 2 aromatic heterocycles. The van der Waals surface area contributed by atoms with E-state index in [2.05, 4.69) is 46.8 Å². The molecule has 0 saturated heterocycles. The summed E-state index contributed by atoms with van der Waals surface area (Å²) in [5, 5.41) is 1.12.